The van der Waals surface area contributed by atoms with E-state index in [0.29, 0.717) is 27.5 Å². The van der Waals surface area contributed by atoms with E-state index in [9.17, 15) is 4.79 Å². The Hall–Kier alpha value is -1.65. The number of pyridine rings is 1. The van der Waals surface area contributed by atoms with Gasteiger partial charge in [-0.1, -0.05) is 43.3 Å². The number of hydrogen-bond donors (Lipinski definition) is 0. The molecule has 7 nitrogen and oxygen atoms in total. The predicted octanol–water partition coefficient (Wildman–Crippen LogP) is 6.47. The number of carbonyl (C=O) groups is 1. The van der Waals surface area contributed by atoms with Crippen LogP contribution in [0, 0.1) is 11.7 Å². The van der Waals surface area contributed by atoms with Gasteiger partial charge in [-0.2, -0.15) is 0 Å². The topological polar surface area (TPSA) is 71.5 Å². The molecule has 11 heteroatoms. The van der Waals surface area contributed by atoms with Crippen LogP contribution in [0.25, 0.3) is 10.9 Å². The average molecular weight is 587 g/mol. The minimum absolute atomic E-state index is 0.0140. The number of nitrogens with zero attached hydrogens (tertiary/aromatic N) is 5. The summed E-state index contributed by atoms with van der Waals surface area (Å²) >= 11 is 11.0. The van der Waals surface area contributed by atoms with Crippen molar-refractivity contribution in [2.75, 3.05) is 17.2 Å². The van der Waals surface area contributed by atoms with Gasteiger partial charge in [0.05, 0.1) is 23.5 Å². The van der Waals surface area contributed by atoms with Crippen LogP contribution >= 0.6 is 39.3 Å². The third-order valence-corrected chi connectivity index (χ3v) is 7.98. The van der Waals surface area contributed by atoms with Crippen molar-refractivity contribution in [3.05, 3.63) is 28.2 Å². The summed E-state index contributed by atoms with van der Waals surface area (Å²) < 4.78 is 21.3. The first-order chi connectivity index (χ1) is 16.5. The highest BCUT2D eigenvalue weighted by atomic mass is 79.9. The van der Waals surface area contributed by atoms with Crippen LogP contribution in [-0.4, -0.2) is 62.0 Å². The van der Waals surface area contributed by atoms with Crippen LogP contribution in [0.15, 0.2) is 22.4 Å². The number of aromatic nitrogens is 3. The minimum Gasteiger partial charge on any atom is -0.444 e. The molecule has 0 saturated carbocycles. The van der Waals surface area contributed by atoms with E-state index in [1.807, 2.05) is 38.7 Å². The van der Waals surface area contributed by atoms with Crippen molar-refractivity contribution in [1.82, 2.24) is 19.9 Å². The highest BCUT2D eigenvalue weighted by Gasteiger charge is 2.51. The van der Waals surface area contributed by atoms with E-state index in [4.69, 9.17) is 21.3 Å². The molecule has 0 aromatic carbocycles. The molecule has 190 valence electrons. The van der Waals surface area contributed by atoms with Crippen LogP contribution in [0.4, 0.5) is 15.0 Å². The zero-order chi connectivity index (χ0) is 25.7. The summed E-state index contributed by atoms with van der Waals surface area (Å²) in [7, 11) is 0. The number of anilines is 1. The van der Waals surface area contributed by atoms with E-state index >= 15 is 4.39 Å². The van der Waals surface area contributed by atoms with Gasteiger partial charge in [0.2, 0.25) is 0 Å². The second-order valence-corrected chi connectivity index (χ2v) is 12.3. The number of amides is 1. The molecule has 2 fully saturated rings. The summed E-state index contributed by atoms with van der Waals surface area (Å²) in [5.41, 5.74) is -0.458. The Kier molecular flexibility index (Phi) is 7.56. The lowest BCUT2D eigenvalue weighted by molar-refractivity contribution is 0.00586. The number of fused-ring (bicyclic) bond motifs is 3. The van der Waals surface area contributed by atoms with Crippen molar-refractivity contribution in [2.45, 2.75) is 76.3 Å². The van der Waals surface area contributed by atoms with Crippen LogP contribution in [-0.2, 0) is 4.74 Å². The van der Waals surface area contributed by atoms with Gasteiger partial charge in [0, 0.05) is 6.54 Å². The first-order valence-electron chi connectivity index (χ1n) is 11.7. The third-order valence-electron chi connectivity index (χ3n) is 6.43. The number of ether oxygens (including phenoxy) is 1. The van der Waals surface area contributed by atoms with Crippen molar-refractivity contribution < 1.29 is 13.9 Å². The van der Waals surface area contributed by atoms with E-state index in [1.165, 1.54) is 11.8 Å². The molecule has 4 rings (SSSR count). The summed E-state index contributed by atoms with van der Waals surface area (Å²) in [5, 5.41) is 0.695. The Labute approximate surface area is 223 Å². The Morgan fingerprint density at radius 1 is 1.37 bits per heavy atom. The van der Waals surface area contributed by atoms with E-state index in [1.54, 1.807) is 0 Å². The van der Waals surface area contributed by atoms with E-state index in [-0.39, 0.29) is 40.8 Å². The number of piperazine rings is 1. The monoisotopic (exact) mass is 585 g/mol. The molecule has 0 unspecified atom stereocenters. The molecule has 2 aliphatic rings. The van der Waals surface area contributed by atoms with Gasteiger partial charge in [-0.25, -0.2) is 24.1 Å². The molecular weight excluding hydrogens is 557 g/mol. The maximum Gasteiger partial charge on any atom is 0.410 e. The van der Waals surface area contributed by atoms with Gasteiger partial charge < -0.3 is 9.64 Å². The Balaban J connectivity index is 1.87. The Morgan fingerprint density at radius 3 is 2.71 bits per heavy atom. The molecule has 0 aliphatic carbocycles. The highest BCUT2D eigenvalue weighted by Crippen LogP contribution is 2.43. The molecule has 2 saturated heterocycles. The SMILES string of the molecule is C=C[C@H](C)[C@H]1[C@@H]2CC[C@@H](CN1c1nc(SCC)nc3c(F)c(Cl)nc(Br)c13)N2C(=O)OC(C)(C)C. The molecule has 0 spiro atoms. The maximum atomic E-state index is 15.1. The number of halogens is 3. The summed E-state index contributed by atoms with van der Waals surface area (Å²) in [6.07, 6.45) is 3.27. The molecule has 2 aromatic rings. The van der Waals surface area contributed by atoms with E-state index in [2.05, 4.69) is 44.3 Å². The molecule has 2 aliphatic heterocycles. The van der Waals surface area contributed by atoms with Gasteiger partial charge >= 0.3 is 6.09 Å². The standard InChI is InChI=1S/C24H30BrClFN5O2S/c1-7-12(3)18-14-10-9-13(32(14)23(33)34-24(4,5)6)11-31(18)21-15-17(28-22(30-21)35-8-2)16(27)20(26)29-19(15)25/h7,12-14,18H,1,8-11H2,2-6H3/t12-,13-,14-,18-/m0/s1. The normalized spacial score (nSPS) is 23.0. The third kappa shape index (κ3) is 4.98. The van der Waals surface area contributed by atoms with E-state index < -0.39 is 11.4 Å². The Bertz CT molecular complexity index is 1160. The second-order valence-electron chi connectivity index (χ2n) is 9.92. The van der Waals surface area contributed by atoms with Crippen LogP contribution in [0.2, 0.25) is 5.15 Å². The van der Waals surface area contributed by atoms with Crippen LogP contribution in [0.1, 0.15) is 47.5 Å². The fourth-order valence-electron chi connectivity index (χ4n) is 5.05. The maximum absolute atomic E-state index is 15.1. The van der Waals surface area contributed by atoms with Crippen molar-refractivity contribution in [3.8, 4) is 0 Å². The first kappa shape index (κ1) is 26.4. The smallest absolute Gasteiger partial charge is 0.410 e. The van der Waals surface area contributed by atoms with Crippen molar-refractivity contribution in [1.29, 1.82) is 0 Å². The summed E-state index contributed by atoms with van der Waals surface area (Å²) in [5.74, 6) is 0.659. The average Bonchev–Trinajstić information content (AvgIpc) is 3.09. The Morgan fingerprint density at radius 2 is 2.09 bits per heavy atom. The van der Waals surface area contributed by atoms with Gasteiger partial charge in [-0.3, -0.25) is 4.90 Å². The molecule has 4 atom stereocenters. The summed E-state index contributed by atoms with van der Waals surface area (Å²) in [6.45, 7) is 14.2. The highest BCUT2D eigenvalue weighted by molar-refractivity contribution is 9.10. The van der Waals surface area contributed by atoms with Gasteiger partial charge in [0.25, 0.3) is 0 Å². The van der Waals surface area contributed by atoms with E-state index in [0.717, 1.165) is 18.6 Å². The van der Waals surface area contributed by atoms with Crippen LogP contribution < -0.4 is 4.90 Å². The fourth-order valence-corrected chi connectivity index (χ4v) is 6.44. The first-order valence-corrected chi connectivity index (χ1v) is 13.9. The zero-order valence-electron chi connectivity index (χ0n) is 20.5. The lowest BCUT2D eigenvalue weighted by Gasteiger charge is -2.49. The molecular formula is C24H30BrClFN5O2S. The minimum atomic E-state index is -0.671. The molecule has 0 N–H and O–H groups in total. The summed E-state index contributed by atoms with van der Waals surface area (Å²) in [6, 6.07) is -0.297. The van der Waals surface area contributed by atoms with Gasteiger partial charge in [0.1, 0.15) is 21.5 Å². The summed E-state index contributed by atoms with van der Waals surface area (Å²) in [4.78, 5) is 30.8. The number of hydrogen-bond acceptors (Lipinski definition) is 7. The number of carbonyl (C=O) groups excluding carboxylic acids is 1. The number of rotatable bonds is 5. The molecule has 1 amide bonds. The molecule has 4 heterocycles. The van der Waals surface area contributed by atoms with Gasteiger partial charge in [0.15, 0.2) is 16.1 Å². The van der Waals surface area contributed by atoms with Crippen LogP contribution in [0.3, 0.4) is 0 Å². The lowest BCUT2D eigenvalue weighted by Crippen LogP contribution is -2.63. The predicted molar refractivity (Wildman–Crippen MR) is 142 cm³/mol. The zero-order valence-corrected chi connectivity index (χ0v) is 23.7. The van der Waals surface area contributed by atoms with Gasteiger partial charge in [-0.15, -0.1) is 6.58 Å². The molecule has 35 heavy (non-hydrogen) atoms. The molecule has 2 bridgehead atoms. The van der Waals surface area contributed by atoms with Gasteiger partial charge in [-0.05, 0) is 61.2 Å². The fraction of sp³-hybridized carbons (Fsp3) is 0.583. The van der Waals surface area contributed by atoms with Crippen molar-refractivity contribution in [2.24, 2.45) is 5.92 Å². The molecule has 0 radical (unpaired) electrons. The van der Waals surface area contributed by atoms with Crippen molar-refractivity contribution in [3.63, 3.8) is 0 Å². The van der Waals surface area contributed by atoms with Crippen molar-refractivity contribution >= 4 is 62.1 Å². The second kappa shape index (κ2) is 10.0. The number of thioether (sulfide) groups is 1. The molecule has 2 aromatic heterocycles. The largest absolute Gasteiger partial charge is 0.444 e. The van der Waals surface area contributed by atoms with Crippen LogP contribution in [0.5, 0.6) is 0 Å². The quantitative estimate of drug-likeness (QED) is 0.172. The lowest BCUT2D eigenvalue weighted by atomic mass is 9.90.